The Morgan fingerprint density at radius 3 is 3.18 bits per heavy atom. The molecule has 0 unspecified atom stereocenters. The average Bonchev–Trinajstić information content (AvgIpc) is 3.08. The molecule has 1 saturated carbocycles. The summed E-state index contributed by atoms with van der Waals surface area (Å²) in [5.41, 5.74) is 6.69. The molecule has 1 aromatic rings. The van der Waals surface area contributed by atoms with E-state index in [0.29, 0.717) is 25.1 Å². The van der Waals surface area contributed by atoms with Gasteiger partial charge in [-0.3, -0.25) is 0 Å². The second kappa shape index (κ2) is 4.99. The monoisotopic (exact) mass is 234 g/mol. The summed E-state index contributed by atoms with van der Waals surface area (Å²) in [4.78, 5) is 6.33. The first kappa shape index (κ1) is 11.6. The van der Waals surface area contributed by atoms with Gasteiger partial charge in [-0.05, 0) is 12.8 Å². The van der Waals surface area contributed by atoms with Crippen LogP contribution in [0.1, 0.15) is 18.5 Å². The Labute approximate surface area is 101 Å². The molecule has 2 rings (SSSR count). The first-order chi connectivity index (χ1) is 8.20. The predicted molar refractivity (Wildman–Crippen MR) is 66.3 cm³/mol. The first-order valence-electron chi connectivity index (χ1n) is 5.73. The van der Waals surface area contributed by atoms with Crippen molar-refractivity contribution < 1.29 is 0 Å². The molecular weight excluding hydrogens is 216 g/mol. The summed E-state index contributed by atoms with van der Waals surface area (Å²) in [5.74, 6) is 0.575. The Kier molecular flexibility index (Phi) is 3.41. The van der Waals surface area contributed by atoms with E-state index in [1.165, 1.54) is 12.8 Å². The van der Waals surface area contributed by atoms with E-state index >= 15 is 0 Å². The highest BCUT2D eigenvalue weighted by atomic mass is 15.4. The molecule has 1 aromatic heterocycles. The lowest BCUT2D eigenvalue weighted by Crippen LogP contribution is -2.35. The normalized spacial score (nSPS) is 15.9. The van der Waals surface area contributed by atoms with Crippen LogP contribution in [-0.4, -0.2) is 38.9 Å². The van der Waals surface area contributed by atoms with Gasteiger partial charge >= 0.3 is 0 Å². The van der Waals surface area contributed by atoms with Crippen LogP contribution in [-0.2, 0) is 13.1 Å². The number of rotatable bonds is 5. The highest BCUT2D eigenvalue weighted by Crippen LogP contribution is 2.24. The van der Waals surface area contributed by atoms with Crippen molar-refractivity contribution >= 4 is 5.96 Å². The van der Waals surface area contributed by atoms with Crippen LogP contribution < -0.4 is 5.73 Å². The fourth-order valence-electron chi connectivity index (χ4n) is 1.55. The maximum atomic E-state index is 5.88. The summed E-state index contributed by atoms with van der Waals surface area (Å²) < 4.78 is 1.72. The topological polar surface area (TPSA) is 72.3 Å². The Morgan fingerprint density at radius 2 is 2.53 bits per heavy atom. The number of aromatic nitrogens is 3. The zero-order valence-electron chi connectivity index (χ0n) is 10.1. The zero-order valence-corrected chi connectivity index (χ0v) is 10.1. The molecule has 1 heterocycles. The Bertz CT molecular complexity index is 417. The first-order valence-corrected chi connectivity index (χ1v) is 5.73. The molecule has 1 aliphatic rings. The van der Waals surface area contributed by atoms with E-state index in [1.807, 2.05) is 18.1 Å². The molecule has 1 fully saturated rings. The van der Waals surface area contributed by atoms with Gasteiger partial charge in [0, 0.05) is 13.1 Å². The minimum Gasteiger partial charge on any atom is -0.370 e. The van der Waals surface area contributed by atoms with Crippen LogP contribution in [0.4, 0.5) is 0 Å². The van der Waals surface area contributed by atoms with E-state index in [0.717, 1.165) is 5.69 Å². The van der Waals surface area contributed by atoms with Crippen molar-refractivity contribution in [2.75, 3.05) is 7.05 Å². The van der Waals surface area contributed by atoms with E-state index in [9.17, 15) is 0 Å². The SMILES string of the molecule is C=CCn1cc(CN=C(N)N(C)C2CC2)nn1. The molecule has 0 aromatic carbocycles. The second-order valence-electron chi connectivity index (χ2n) is 4.24. The molecule has 0 saturated heterocycles. The van der Waals surface area contributed by atoms with Crippen LogP contribution in [0.2, 0.25) is 0 Å². The molecule has 0 spiro atoms. The smallest absolute Gasteiger partial charge is 0.191 e. The summed E-state index contributed by atoms with van der Waals surface area (Å²) in [5, 5.41) is 7.96. The van der Waals surface area contributed by atoms with Gasteiger partial charge in [-0.15, -0.1) is 11.7 Å². The van der Waals surface area contributed by atoms with Gasteiger partial charge in [0.2, 0.25) is 0 Å². The molecule has 17 heavy (non-hydrogen) atoms. The molecular formula is C11H18N6. The summed E-state index contributed by atoms with van der Waals surface area (Å²) in [7, 11) is 1.98. The van der Waals surface area contributed by atoms with Gasteiger partial charge in [0.25, 0.3) is 0 Å². The number of guanidine groups is 1. The number of hydrogen-bond acceptors (Lipinski definition) is 3. The molecule has 6 nitrogen and oxygen atoms in total. The van der Waals surface area contributed by atoms with Crippen molar-refractivity contribution in [3.05, 3.63) is 24.5 Å². The molecule has 0 aliphatic heterocycles. The van der Waals surface area contributed by atoms with E-state index in [1.54, 1.807) is 10.8 Å². The van der Waals surface area contributed by atoms with Gasteiger partial charge < -0.3 is 10.6 Å². The van der Waals surface area contributed by atoms with Crippen molar-refractivity contribution in [3.8, 4) is 0 Å². The van der Waals surface area contributed by atoms with Crippen LogP contribution in [0.3, 0.4) is 0 Å². The number of aliphatic imine (C=N–C) groups is 1. The van der Waals surface area contributed by atoms with Gasteiger partial charge in [-0.2, -0.15) is 0 Å². The molecule has 2 N–H and O–H groups in total. The predicted octanol–water partition coefficient (Wildman–Crippen LogP) is 0.373. The van der Waals surface area contributed by atoms with Crippen molar-refractivity contribution in [2.45, 2.75) is 32.0 Å². The molecule has 6 heteroatoms. The number of hydrogen-bond donors (Lipinski definition) is 1. The highest BCUT2D eigenvalue weighted by molar-refractivity contribution is 5.78. The summed E-state index contributed by atoms with van der Waals surface area (Å²) >= 11 is 0. The van der Waals surface area contributed by atoms with Crippen LogP contribution in [0.25, 0.3) is 0 Å². The number of allylic oxidation sites excluding steroid dienone is 1. The van der Waals surface area contributed by atoms with Crippen LogP contribution >= 0.6 is 0 Å². The third kappa shape index (κ3) is 3.05. The van der Waals surface area contributed by atoms with E-state index < -0.39 is 0 Å². The summed E-state index contributed by atoms with van der Waals surface area (Å²) in [6.45, 7) is 4.78. The minimum atomic E-state index is 0.472. The second-order valence-corrected chi connectivity index (χ2v) is 4.24. The minimum absolute atomic E-state index is 0.472. The molecule has 92 valence electrons. The summed E-state index contributed by atoms with van der Waals surface area (Å²) in [6.07, 6.45) is 6.05. The largest absolute Gasteiger partial charge is 0.370 e. The Morgan fingerprint density at radius 1 is 1.76 bits per heavy atom. The van der Waals surface area contributed by atoms with Crippen LogP contribution in [0.5, 0.6) is 0 Å². The van der Waals surface area contributed by atoms with Crippen molar-refractivity contribution in [3.63, 3.8) is 0 Å². The molecule has 0 atom stereocenters. The maximum absolute atomic E-state index is 5.88. The fourth-order valence-corrected chi connectivity index (χ4v) is 1.55. The van der Waals surface area contributed by atoms with E-state index in [-0.39, 0.29) is 0 Å². The fraction of sp³-hybridized carbons (Fsp3) is 0.545. The molecule has 0 bridgehead atoms. The standard InChI is InChI=1S/C11H18N6/c1-3-6-17-8-9(14-15-17)7-13-11(12)16(2)10-4-5-10/h3,8,10H,1,4-7H2,2H3,(H2,12,13). The lowest BCUT2D eigenvalue weighted by atomic mass is 10.5. The third-order valence-electron chi connectivity index (χ3n) is 2.76. The van der Waals surface area contributed by atoms with Crippen molar-refractivity contribution in [1.82, 2.24) is 19.9 Å². The van der Waals surface area contributed by atoms with Gasteiger partial charge in [0.15, 0.2) is 5.96 Å². The summed E-state index contributed by atoms with van der Waals surface area (Å²) in [6, 6.07) is 0.579. The van der Waals surface area contributed by atoms with E-state index in [4.69, 9.17) is 5.73 Å². The Balaban J connectivity index is 1.90. The highest BCUT2D eigenvalue weighted by Gasteiger charge is 2.27. The van der Waals surface area contributed by atoms with Gasteiger partial charge in [-0.1, -0.05) is 11.3 Å². The van der Waals surface area contributed by atoms with Crippen LogP contribution in [0.15, 0.2) is 23.8 Å². The maximum Gasteiger partial charge on any atom is 0.191 e. The van der Waals surface area contributed by atoms with Gasteiger partial charge in [-0.25, -0.2) is 9.67 Å². The lowest BCUT2D eigenvalue weighted by Gasteiger charge is -2.16. The molecule has 0 amide bonds. The molecule has 1 aliphatic carbocycles. The van der Waals surface area contributed by atoms with Gasteiger partial charge in [0.05, 0.1) is 19.3 Å². The van der Waals surface area contributed by atoms with Crippen molar-refractivity contribution in [1.29, 1.82) is 0 Å². The molecule has 0 radical (unpaired) electrons. The van der Waals surface area contributed by atoms with Gasteiger partial charge in [0.1, 0.15) is 5.69 Å². The number of nitrogens with zero attached hydrogens (tertiary/aromatic N) is 5. The Hall–Kier alpha value is -1.85. The zero-order chi connectivity index (χ0) is 12.3. The van der Waals surface area contributed by atoms with E-state index in [2.05, 4.69) is 21.9 Å². The third-order valence-corrected chi connectivity index (χ3v) is 2.76. The number of nitrogens with two attached hydrogens (primary N) is 1. The van der Waals surface area contributed by atoms with Crippen molar-refractivity contribution in [2.24, 2.45) is 10.7 Å². The quantitative estimate of drug-likeness (QED) is 0.454. The average molecular weight is 234 g/mol. The lowest BCUT2D eigenvalue weighted by molar-refractivity contribution is 0.487. The van der Waals surface area contributed by atoms with Crippen LogP contribution in [0, 0.1) is 0 Å².